The van der Waals surface area contributed by atoms with Gasteiger partial charge in [0.1, 0.15) is 0 Å². The SMILES string of the molecule is O=C(Nc1cccc(N[NH+]([O-])c2cccc(NC(=O)c3ccccc3)c2)c1)c1ccccc1. The summed E-state index contributed by atoms with van der Waals surface area (Å²) >= 11 is 0. The third-order valence-electron chi connectivity index (χ3n) is 4.83. The number of amides is 2. The van der Waals surface area contributed by atoms with E-state index in [1.807, 2.05) is 12.1 Å². The van der Waals surface area contributed by atoms with E-state index in [1.54, 1.807) is 97.1 Å². The lowest BCUT2D eigenvalue weighted by Gasteiger charge is -2.23. The highest BCUT2D eigenvalue weighted by molar-refractivity contribution is 6.05. The van der Waals surface area contributed by atoms with Gasteiger partial charge >= 0.3 is 0 Å². The number of carbonyl (C=O) groups excluding carboxylic acids is 2. The van der Waals surface area contributed by atoms with Gasteiger partial charge in [-0.15, -0.1) is 0 Å². The van der Waals surface area contributed by atoms with Crippen molar-refractivity contribution in [2.24, 2.45) is 0 Å². The molecule has 1 unspecified atom stereocenters. The fourth-order valence-corrected chi connectivity index (χ4v) is 3.20. The van der Waals surface area contributed by atoms with Crippen LogP contribution in [-0.2, 0) is 0 Å². The zero-order valence-corrected chi connectivity index (χ0v) is 17.6. The summed E-state index contributed by atoms with van der Waals surface area (Å²) in [4.78, 5) is 24.7. The van der Waals surface area contributed by atoms with Gasteiger partial charge in [0.2, 0.25) is 0 Å². The molecule has 0 fully saturated rings. The third-order valence-corrected chi connectivity index (χ3v) is 4.83. The Labute approximate surface area is 191 Å². The Balaban J connectivity index is 1.41. The zero-order valence-electron chi connectivity index (χ0n) is 17.6. The average molecular weight is 438 g/mol. The Kier molecular flexibility index (Phi) is 6.75. The lowest BCUT2D eigenvalue weighted by molar-refractivity contribution is -0.749. The van der Waals surface area contributed by atoms with Gasteiger partial charge in [0, 0.05) is 34.6 Å². The molecule has 0 aliphatic carbocycles. The summed E-state index contributed by atoms with van der Waals surface area (Å²) in [5.41, 5.74) is 5.89. The van der Waals surface area contributed by atoms with E-state index < -0.39 is 0 Å². The second-order valence-electron chi connectivity index (χ2n) is 7.26. The molecule has 7 heteroatoms. The van der Waals surface area contributed by atoms with Crippen molar-refractivity contribution in [1.82, 2.24) is 0 Å². The highest BCUT2D eigenvalue weighted by atomic mass is 16.5. The minimum Gasteiger partial charge on any atom is -0.603 e. The van der Waals surface area contributed by atoms with Crippen LogP contribution in [0.25, 0.3) is 0 Å². The van der Waals surface area contributed by atoms with Crippen LogP contribution >= 0.6 is 0 Å². The number of nitrogens with one attached hydrogen (secondary N) is 4. The fraction of sp³-hybridized carbons (Fsp3) is 0. The van der Waals surface area contributed by atoms with Crippen molar-refractivity contribution in [1.29, 1.82) is 0 Å². The van der Waals surface area contributed by atoms with Crippen molar-refractivity contribution in [3.05, 3.63) is 126 Å². The van der Waals surface area contributed by atoms with E-state index >= 15 is 0 Å². The highest BCUT2D eigenvalue weighted by Gasteiger charge is 2.10. The topological polar surface area (TPSA) is 97.7 Å². The summed E-state index contributed by atoms with van der Waals surface area (Å²) in [5.74, 6) is -0.490. The average Bonchev–Trinajstić information content (AvgIpc) is 2.85. The number of rotatable bonds is 7. The van der Waals surface area contributed by atoms with Crippen LogP contribution in [0.15, 0.2) is 109 Å². The molecule has 0 bridgehead atoms. The van der Waals surface area contributed by atoms with Gasteiger partial charge < -0.3 is 15.8 Å². The minimum atomic E-state index is -0.336. The van der Waals surface area contributed by atoms with E-state index in [-0.39, 0.29) is 17.0 Å². The van der Waals surface area contributed by atoms with Crippen molar-refractivity contribution in [3.8, 4) is 0 Å². The van der Waals surface area contributed by atoms with Crippen molar-refractivity contribution in [3.63, 3.8) is 0 Å². The molecule has 0 saturated heterocycles. The molecule has 1 atom stereocenters. The molecule has 164 valence electrons. The quantitative estimate of drug-likeness (QED) is 0.325. The maximum atomic E-state index is 12.8. The molecule has 0 radical (unpaired) electrons. The van der Waals surface area contributed by atoms with Gasteiger partial charge in [-0.2, -0.15) is 0 Å². The smallest absolute Gasteiger partial charge is 0.255 e. The van der Waals surface area contributed by atoms with Gasteiger partial charge in [0.25, 0.3) is 11.8 Å². The molecule has 4 aromatic rings. The number of hydrogen-bond acceptors (Lipinski definition) is 4. The molecule has 0 spiro atoms. The van der Waals surface area contributed by atoms with Crippen LogP contribution in [0.1, 0.15) is 20.7 Å². The molecule has 2 amide bonds. The number of hydrogen-bond donors (Lipinski definition) is 4. The van der Waals surface area contributed by atoms with E-state index in [9.17, 15) is 14.8 Å². The van der Waals surface area contributed by atoms with Crippen molar-refractivity contribution < 1.29 is 14.8 Å². The summed E-state index contributed by atoms with van der Waals surface area (Å²) < 4.78 is 0. The largest absolute Gasteiger partial charge is 0.603 e. The van der Waals surface area contributed by atoms with Crippen LogP contribution < -0.4 is 21.2 Å². The molecule has 4 N–H and O–H groups in total. The Morgan fingerprint density at radius 1 is 0.576 bits per heavy atom. The Morgan fingerprint density at radius 2 is 1.06 bits per heavy atom. The number of anilines is 3. The normalized spacial score (nSPS) is 11.3. The number of carbonyl (C=O) groups is 2. The summed E-state index contributed by atoms with van der Waals surface area (Å²) in [6.45, 7) is 0. The summed E-state index contributed by atoms with van der Waals surface area (Å²) in [7, 11) is 0. The number of quaternary nitrogens is 1. The van der Waals surface area contributed by atoms with E-state index in [4.69, 9.17) is 0 Å². The molecule has 33 heavy (non-hydrogen) atoms. The lowest BCUT2D eigenvalue weighted by Crippen LogP contribution is -3.05. The van der Waals surface area contributed by atoms with E-state index in [0.717, 1.165) is 0 Å². The molecule has 4 aromatic carbocycles. The standard InChI is InChI=1S/C26H22N4O3/c31-25(19-9-3-1-4-10-19)27-21-13-7-15-23(17-21)29-30(33)24-16-8-14-22(18-24)28-26(32)20-11-5-2-6-12-20/h1-18,29-30H,(H,27,31)(H,28,32). The highest BCUT2D eigenvalue weighted by Crippen LogP contribution is 2.17. The van der Waals surface area contributed by atoms with Crippen molar-refractivity contribution in [2.75, 3.05) is 16.1 Å². The Bertz CT molecular complexity index is 1250. The van der Waals surface area contributed by atoms with Gasteiger partial charge in [-0.05, 0) is 48.5 Å². The van der Waals surface area contributed by atoms with Gasteiger partial charge in [-0.25, -0.2) is 10.6 Å². The number of benzene rings is 4. The van der Waals surface area contributed by atoms with Crippen LogP contribution in [0.5, 0.6) is 0 Å². The molecule has 4 rings (SSSR count). The zero-order chi connectivity index (χ0) is 23.0. The molecule has 0 heterocycles. The van der Waals surface area contributed by atoms with Crippen LogP contribution in [0.4, 0.5) is 22.7 Å². The first kappa shape index (κ1) is 21.8. The van der Waals surface area contributed by atoms with Crippen molar-refractivity contribution >= 4 is 34.6 Å². The summed E-state index contributed by atoms with van der Waals surface area (Å²) in [6.07, 6.45) is 0. The van der Waals surface area contributed by atoms with Gasteiger partial charge in [-0.3, -0.25) is 9.59 Å². The monoisotopic (exact) mass is 438 g/mol. The second kappa shape index (κ2) is 10.2. The Hall–Kier alpha value is -4.46. The van der Waals surface area contributed by atoms with E-state index in [1.165, 1.54) is 0 Å². The molecule has 7 nitrogen and oxygen atoms in total. The molecular formula is C26H22N4O3. The first-order valence-corrected chi connectivity index (χ1v) is 10.3. The lowest BCUT2D eigenvalue weighted by atomic mass is 10.2. The summed E-state index contributed by atoms with van der Waals surface area (Å²) in [5, 5.41) is 18.0. The third kappa shape index (κ3) is 5.82. The van der Waals surface area contributed by atoms with Gasteiger partial charge in [-0.1, -0.05) is 48.5 Å². The van der Waals surface area contributed by atoms with Crippen molar-refractivity contribution in [2.45, 2.75) is 0 Å². The van der Waals surface area contributed by atoms with E-state index in [0.29, 0.717) is 33.9 Å². The van der Waals surface area contributed by atoms with Crippen LogP contribution in [-0.4, -0.2) is 11.8 Å². The van der Waals surface area contributed by atoms with E-state index in [2.05, 4.69) is 16.1 Å². The molecule has 0 aliphatic heterocycles. The maximum absolute atomic E-state index is 12.8. The molecule has 0 saturated carbocycles. The van der Waals surface area contributed by atoms with Gasteiger partial charge in [0.05, 0.1) is 5.69 Å². The van der Waals surface area contributed by atoms with Gasteiger partial charge in [0.15, 0.2) is 5.69 Å². The predicted molar refractivity (Wildman–Crippen MR) is 129 cm³/mol. The minimum absolute atomic E-state index is 0.235. The first-order chi connectivity index (χ1) is 16.1. The molecule has 0 aliphatic rings. The maximum Gasteiger partial charge on any atom is 0.255 e. The van der Waals surface area contributed by atoms with Crippen LogP contribution in [0.3, 0.4) is 0 Å². The molecular weight excluding hydrogens is 416 g/mol. The Morgan fingerprint density at radius 3 is 1.64 bits per heavy atom. The first-order valence-electron chi connectivity index (χ1n) is 10.3. The fourth-order valence-electron chi connectivity index (χ4n) is 3.20. The van der Waals surface area contributed by atoms with Crippen LogP contribution in [0, 0.1) is 5.21 Å². The second-order valence-corrected chi connectivity index (χ2v) is 7.26. The predicted octanol–water partition coefficient (Wildman–Crippen LogP) is 4.23. The van der Waals surface area contributed by atoms with Crippen LogP contribution in [0.2, 0.25) is 0 Å². The molecule has 0 aromatic heterocycles. The summed E-state index contributed by atoms with van der Waals surface area (Å²) in [6, 6.07) is 31.3.